The summed E-state index contributed by atoms with van der Waals surface area (Å²) in [6.45, 7) is 2.16. The monoisotopic (exact) mass is 244 g/mol. The Morgan fingerprint density at radius 2 is 1.69 bits per heavy atom. The van der Waals surface area contributed by atoms with Crippen LogP contribution < -0.4 is 5.73 Å². The Labute approximate surface area is 97.1 Å². The fourth-order valence-corrected chi connectivity index (χ4v) is 5.70. The van der Waals surface area contributed by atoms with Crippen LogP contribution in [0.5, 0.6) is 0 Å². The van der Waals surface area contributed by atoms with Crippen LogP contribution in [0.4, 0.5) is 0 Å². The Kier molecular flexibility index (Phi) is 2.53. The van der Waals surface area contributed by atoms with Gasteiger partial charge in [-0.05, 0) is 24.7 Å². The van der Waals surface area contributed by atoms with Gasteiger partial charge in [0.05, 0.1) is 11.5 Å². The number of likely N-dealkylation sites (tertiary alicyclic amines) is 1. The molecule has 0 aromatic heterocycles. The summed E-state index contributed by atoms with van der Waals surface area (Å²) >= 11 is 0. The SMILES string of the molecule is NC1CS(=O)(=O)CC1N1CC2CCCC2C1. The van der Waals surface area contributed by atoms with Crippen LogP contribution in [-0.2, 0) is 9.84 Å². The van der Waals surface area contributed by atoms with Crippen LogP contribution in [-0.4, -0.2) is 50.0 Å². The van der Waals surface area contributed by atoms with E-state index in [-0.39, 0.29) is 23.6 Å². The molecule has 4 unspecified atom stereocenters. The van der Waals surface area contributed by atoms with E-state index in [4.69, 9.17) is 5.73 Å². The summed E-state index contributed by atoms with van der Waals surface area (Å²) in [5.74, 6) is 2.10. The van der Waals surface area contributed by atoms with Crippen molar-refractivity contribution >= 4 is 9.84 Å². The lowest BCUT2D eigenvalue weighted by molar-refractivity contribution is 0.227. The highest BCUT2D eigenvalue weighted by Crippen LogP contribution is 2.39. The second-order valence-corrected chi connectivity index (χ2v) is 7.87. The third kappa shape index (κ3) is 1.79. The zero-order valence-electron chi connectivity index (χ0n) is 9.51. The smallest absolute Gasteiger partial charge is 0.153 e. The van der Waals surface area contributed by atoms with Gasteiger partial charge in [-0.25, -0.2) is 8.42 Å². The largest absolute Gasteiger partial charge is 0.325 e. The van der Waals surface area contributed by atoms with Crippen LogP contribution in [0.1, 0.15) is 19.3 Å². The summed E-state index contributed by atoms with van der Waals surface area (Å²) in [5.41, 5.74) is 5.96. The van der Waals surface area contributed by atoms with E-state index in [2.05, 4.69) is 4.90 Å². The molecule has 4 atom stereocenters. The van der Waals surface area contributed by atoms with Crippen molar-refractivity contribution in [2.75, 3.05) is 24.6 Å². The van der Waals surface area contributed by atoms with Gasteiger partial charge in [0.25, 0.3) is 0 Å². The Morgan fingerprint density at radius 1 is 1.06 bits per heavy atom. The number of nitrogens with zero attached hydrogens (tertiary/aromatic N) is 1. The Balaban J connectivity index is 1.71. The molecule has 2 N–H and O–H groups in total. The third-order valence-corrected chi connectivity index (χ3v) is 6.33. The molecule has 2 saturated heterocycles. The molecule has 92 valence electrons. The van der Waals surface area contributed by atoms with Crippen molar-refractivity contribution in [2.24, 2.45) is 17.6 Å². The molecular weight excluding hydrogens is 224 g/mol. The van der Waals surface area contributed by atoms with E-state index in [0.717, 1.165) is 24.9 Å². The van der Waals surface area contributed by atoms with E-state index in [9.17, 15) is 8.42 Å². The van der Waals surface area contributed by atoms with Crippen molar-refractivity contribution in [3.05, 3.63) is 0 Å². The van der Waals surface area contributed by atoms with Crippen molar-refractivity contribution in [1.29, 1.82) is 0 Å². The van der Waals surface area contributed by atoms with E-state index in [1.165, 1.54) is 19.3 Å². The van der Waals surface area contributed by atoms with Gasteiger partial charge in [0.15, 0.2) is 9.84 Å². The van der Waals surface area contributed by atoms with E-state index in [0.29, 0.717) is 0 Å². The second kappa shape index (κ2) is 3.68. The molecule has 1 aliphatic carbocycles. The number of rotatable bonds is 1. The van der Waals surface area contributed by atoms with Crippen LogP contribution >= 0.6 is 0 Å². The number of sulfone groups is 1. The molecule has 0 amide bonds. The van der Waals surface area contributed by atoms with Crippen LogP contribution in [0.2, 0.25) is 0 Å². The van der Waals surface area contributed by atoms with Gasteiger partial charge in [-0.1, -0.05) is 6.42 Å². The number of nitrogens with two attached hydrogens (primary N) is 1. The highest BCUT2D eigenvalue weighted by atomic mass is 32.2. The molecule has 2 aliphatic heterocycles. The van der Waals surface area contributed by atoms with Crippen molar-refractivity contribution in [3.8, 4) is 0 Å². The average molecular weight is 244 g/mol. The normalized spacial score (nSPS) is 47.3. The quantitative estimate of drug-likeness (QED) is 0.696. The minimum absolute atomic E-state index is 0.0931. The van der Waals surface area contributed by atoms with Gasteiger partial charge in [-0.3, -0.25) is 4.90 Å². The molecule has 3 aliphatic rings. The summed E-state index contributed by atoms with van der Waals surface area (Å²) in [5, 5.41) is 0. The standard InChI is InChI=1S/C11H20N2O2S/c12-10-6-16(14,15)7-11(10)13-4-8-2-1-3-9(8)5-13/h8-11H,1-7,12H2. The fraction of sp³-hybridized carbons (Fsp3) is 1.00. The fourth-order valence-electron chi connectivity index (χ4n) is 3.77. The lowest BCUT2D eigenvalue weighted by atomic mass is 10.0. The minimum Gasteiger partial charge on any atom is -0.325 e. The topological polar surface area (TPSA) is 63.4 Å². The predicted octanol–water partition coefficient (Wildman–Crippen LogP) is -0.157. The van der Waals surface area contributed by atoms with E-state index in [1.807, 2.05) is 0 Å². The summed E-state index contributed by atoms with van der Waals surface area (Å²) in [6.07, 6.45) is 4.02. The maximum absolute atomic E-state index is 11.5. The number of hydrogen-bond donors (Lipinski definition) is 1. The molecule has 0 spiro atoms. The molecule has 4 nitrogen and oxygen atoms in total. The van der Waals surface area contributed by atoms with Crippen LogP contribution in [0.25, 0.3) is 0 Å². The summed E-state index contributed by atoms with van der Waals surface area (Å²) < 4.78 is 23.1. The summed E-state index contributed by atoms with van der Waals surface area (Å²) in [4.78, 5) is 2.35. The zero-order valence-corrected chi connectivity index (χ0v) is 10.3. The molecule has 1 saturated carbocycles. The first-order chi connectivity index (χ1) is 7.55. The number of fused-ring (bicyclic) bond motifs is 1. The molecule has 3 rings (SSSR count). The predicted molar refractivity (Wildman–Crippen MR) is 62.8 cm³/mol. The first-order valence-corrected chi connectivity index (χ1v) is 8.07. The van der Waals surface area contributed by atoms with Gasteiger partial charge in [-0.15, -0.1) is 0 Å². The molecule has 0 aromatic carbocycles. The lowest BCUT2D eigenvalue weighted by Crippen LogP contribution is -2.46. The summed E-state index contributed by atoms with van der Waals surface area (Å²) in [6, 6.07) is -0.0700. The van der Waals surface area contributed by atoms with Crippen LogP contribution in [0.3, 0.4) is 0 Å². The lowest BCUT2D eigenvalue weighted by Gasteiger charge is -2.26. The van der Waals surface area contributed by atoms with Gasteiger partial charge in [0, 0.05) is 25.2 Å². The maximum Gasteiger partial charge on any atom is 0.153 e. The molecule has 0 radical (unpaired) electrons. The molecule has 2 heterocycles. The Morgan fingerprint density at radius 3 is 2.19 bits per heavy atom. The maximum atomic E-state index is 11.5. The average Bonchev–Trinajstić information content (AvgIpc) is 2.76. The number of hydrogen-bond acceptors (Lipinski definition) is 4. The highest BCUT2D eigenvalue weighted by molar-refractivity contribution is 7.91. The second-order valence-electron chi connectivity index (χ2n) is 5.71. The first-order valence-electron chi connectivity index (χ1n) is 6.25. The molecule has 5 heteroatoms. The van der Waals surface area contributed by atoms with E-state index in [1.54, 1.807) is 0 Å². The minimum atomic E-state index is -2.87. The molecule has 0 aromatic rings. The first kappa shape index (κ1) is 11.0. The van der Waals surface area contributed by atoms with Gasteiger partial charge in [0.1, 0.15) is 0 Å². The van der Waals surface area contributed by atoms with Gasteiger partial charge in [-0.2, -0.15) is 0 Å². The van der Waals surface area contributed by atoms with Crippen molar-refractivity contribution in [2.45, 2.75) is 31.3 Å². The zero-order chi connectivity index (χ0) is 11.3. The van der Waals surface area contributed by atoms with Crippen molar-refractivity contribution in [3.63, 3.8) is 0 Å². The van der Waals surface area contributed by atoms with Crippen molar-refractivity contribution in [1.82, 2.24) is 4.90 Å². The van der Waals surface area contributed by atoms with Gasteiger partial charge in [0.2, 0.25) is 0 Å². The van der Waals surface area contributed by atoms with Crippen molar-refractivity contribution < 1.29 is 8.42 Å². The molecule has 3 fully saturated rings. The van der Waals surface area contributed by atoms with E-state index >= 15 is 0 Å². The van der Waals surface area contributed by atoms with Gasteiger partial charge >= 0.3 is 0 Å². The van der Waals surface area contributed by atoms with E-state index < -0.39 is 9.84 Å². The summed E-state index contributed by atoms with van der Waals surface area (Å²) in [7, 11) is -2.87. The Bertz CT molecular complexity index is 369. The Hall–Kier alpha value is -0.130. The third-order valence-electron chi connectivity index (χ3n) is 4.59. The highest BCUT2D eigenvalue weighted by Gasteiger charge is 2.44. The van der Waals surface area contributed by atoms with Gasteiger partial charge < -0.3 is 5.73 Å². The molecule has 0 bridgehead atoms. The van der Waals surface area contributed by atoms with Crippen LogP contribution in [0, 0.1) is 11.8 Å². The van der Waals surface area contributed by atoms with Crippen LogP contribution in [0.15, 0.2) is 0 Å². The molecule has 16 heavy (non-hydrogen) atoms. The molecular formula is C11H20N2O2S.